The van der Waals surface area contributed by atoms with Crippen LogP contribution in [0, 0.1) is 0 Å². The highest BCUT2D eigenvalue weighted by atomic mass is 16.6. The zero-order valence-electron chi connectivity index (χ0n) is 24.2. The number of ether oxygens (including phenoxy) is 4. The number of benzene rings is 1. The molecular weight excluding hydrogens is 522 g/mol. The van der Waals surface area contributed by atoms with Gasteiger partial charge in [0.1, 0.15) is 0 Å². The van der Waals surface area contributed by atoms with Gasteiger partial charge in [-0.1, -0.05) is 43.5 Å². The van der Waals surface area contributed by atoms with Crippen LogP contribution in [0.1, 0.15) is 43.2 Å². The van der Waals surface area contributed by atoms with Gasteiger partial charge in [-0.2, -0.15) is 0 Å². The molecule has 0 saturated heterocycles. The molecule has 0 unspecified atom stereocenters. The number of fused-ring (bicyclic) bond motifs is 2. The second-order valence-corrected chi connectivity index (χ2v) is 9.77. The number of hydrogen-bond donors (Lipinski definition) is 2. The molecule has 224 valence electrons. The number of nitrogens with zero attached hydrogens (tertiary/aromatic N) is 1. The number of amides is 2. The predicted octanol–water partition coefficient (Wildman–Crippen LogP) is 3.51. The van der Waals surface area contributed by atoms with Gasteiger partial charge in [-0.3, -0.25) is 9.59 Å². The van der Waals surface area contributed by atoms with E-state index in [-0.39, 0.29) is 11.8 Å². The van der Waals surface area contributed by atoms with Crippen LogP contribution in [0.15, 0.2) is 66.4 Å². The van der Waals surface area contributed by atoms with Crippen molar-refractivity contribution < 1.29 is 28.5 Å². The molecule has 0 radical (unpaired) electrons. The molecule has 0 bridgehead atoms. The van der Waals surface area contributed by atoms with Gasteiger partial charge in [0.15, 0.2) is 0 Å². The zero-order chi connectivity index (χ0) is 29.3. The van der Waals surface area contributed by atoms with Crippen LogP contribution in [0.5, 0.6) is 0 Å². The first kappa shape index (κ1) is 32.4. The van der Waals surface area contributed by atoms with Crippen LogP contribution in [0.3, 0.4) is 0 Å². The summed E-state index contributed by atoms with van der Waals surface area (Å²) in [5, 5.41) is 2.86. The first-order valence-corrected chi connectivity index (χ1v) is 14.5. The number of nitrogens with two attached hydrogens (primary N) is 1. The highest BCUT2D eigenvalue weighted by Crippen LogP contribution is 2.48. The highest BCUT2D eigenvalue weighted by Gasteiger charge is 2.33. The SMILES string of the molecule is C=CC1=C(C=C)N(C(=O)CCCCC(=O)NCCOCCOCCOCCOCCN)Cc2ccccc2C2=C1C2. The van der Waals surface area contributed by atoms with Crippen LogP contribution < -0.4 is 11.1 Å². The van der Waals surface area contributed by atoms with Crippen LogP contribution in [-0.2, 0) is 35.1 Å². The summed E-state index contributed by atoms with van der Waals surface area (Å²) in [6.45, 7) is 13.3. The second kappa shape index (κ2) is 18.4. The van der Waals surface area contributed by atoms with Gasteiger partial charge >= 0.3 is 0 Å². The van der Waals surface area contributed by atoms with Gasteiger partial charge in [0, 0.05) is 31.5 Å². The van der Waals surface area contributed by atoms with Crippen LogP contribution in [-0.4, -0.2) is 82.7 Å². The van der Waals surface area contributed by atoms with E-state index >= 15 is 0 Å². The van der Waals surface area contributed by atoms with E-state index in [2.05, 4.69) is 30.6 Å². The molecule has 0 fully saturated rings. The van der Waals surface area contributed by atoms with Crippen molar-refractivity contribution in [3.63, 3.8) is 0 Å². The van der Waals surface area contributed by atoms with Crippen molar-refractivity contribution >= 4 is 17.4 Å². The lowest BCUT2D eigenvalue weighted by Gasteiger charge is -2.27. The molecular formula is C32H45N3O6. The molecule has 2 aliphatic rings. The van der Waals surface area contributed by atoms with Crippen molar-refractivity contribution in [3.05, 3.63) is 77.5 Å². The predicted molar refractivity (Wildman–Crippen MR) is 160 cm³/mol. The number of unbranched alkanes of at least 4 members (excludes halogenated alkanes) is 1. The molecule has 9 heteroatoms. The van der Waals surface area contributed by atoms with Gasteiger partial charge in [-0.25, -0.2) is 0 Å². The van der Waals surface area contributed by atoms with Crippen LogP contribution in [0.4, 0.5) is 0 Å². The molecule has 0 saturated carbocycles. The minimum atomic E-state index is -0.0427. The summed E-state index contributed by atoms with van der Waals surface area (Å²) >= 11 is 0. The minimum absolute atomic E-state index is 0.0258. The van der Waals surface area contributed by atoms with Crippen molar-refractivity contribution in [2.75, 3.05) is 65.9 Å². The number of carbonyl (C=O) groups is 2. The van der Waals surface area contributed by atoms with E-state index in [0.29, 0.717) is 98.2 Å². The van der Waals surface area contributed by atoms with Gasteiger partial charge in [0.05, 0.1) is 65.1 Å². The van der Waals surface area contributed by atoms with Crippen LogP contribution >= 0.6 is 0 Å². The Morgan fingerprint density at radius 1 is 0.854 bits per heavy atom. The van der Waals surface area contributed by atoms with E-state index < -0.39 is 0 Å². The van der Waals surface area contributed by atoms with Crippen molar-refractivity contribution in [2.45, 2.75) is 38.6 Å². The highest BCUT2D eigenvalue weighted by molar-refractivity contribution is 5.91. The van der Waals surface area contributed by atoms with Gasteiger partial charge in [-0.15, -0.1) is 0 Å². The minimum Gasteiger partial charge on any atom is -0.378 e. The average molecular weight is 568 g/mol. The fourth-order valence-electron chi connectivity index (χ4n) is 4.72. The van der Waals surface area contributed by atoms with Gasteiger partial charge < -0.3 is 34.9 Å². The zero-order valence-corrected chi connectivity index (χ0v) is 24.2. The smallest absolute Gasteiger partial charge is 0.227 e. The Kier molecular flexibility index (Phi) is 14.5. The molecule has 1 aromatic rings. The number of rotatable bonds is 21. The van der Waals surface area contributed by atoms with E-state index in [9.17, 15) is 9.59 Å². The Bertz CT molecular complexity index is 1100. The molecule has 0 spiro atoms. The van der Waals surface area contributed by atoms with Gasteiger partial charge in [0.2, 0.25) is 11.8 Å². The number of nitrogens with one attached hydrogen (secondary N) is 1. The molecule has 2 amide bonds. The van der Waals surface area contributed by atoms with E-state index in [1.54, 1.807) is 6.08 Å². The summed E-state index contributed by atoms with van der Waals surface area (Å²) in [5.74, 6) is -0.0169. The van der Waals surface area contributed by atoms with E-state index in [4.69, 9.17) is 24.7 Å². The second-order valence-electron chi connectivity index (χ2n) is 9.77. The lowest BCUT2D eigenvalue weighted by molar-refractivity contribution is -0.130. The molecule has 0 atom stereocenters. The van der Waals surface area contributed by atoms with Crippen LogP contribution in [0.25, 0.3) is 5.57 Å². The average Bonchev–Trinajstić information content (AvgIpc) is 3.76. The largest absolute Gasteiger partial charge is 0.378 e. The topological polar surface area (TPSA) is 112 Å². The first-order valence-electron chi connectivity index (χ1n) is 14.5. The van der Waals surface area contributed by atoms with Crippen molar-refractivity contribution in [1.29, 1.82) is 0 Å². The molecule has 1 aromatic carbocycles. The van der Waals surface area contributed by atoms with Crippen molar-refractivity contribution in [3.8, 4) is 0 Å². The van der Waals surface area contributed by atoms with Gasteiger partial charge in [0.25, 0.3) is 0 Å². The molecule has 0 aromatic heterocycles. The molecule has 9 nitrogen and oxygen atoms in total. The summed E-state index contributed by atoms with van der Waals surface area (Å²) in [4.78, 5) is 27.4. The van der Waals surface area contributed by atoms with Crippen molar-refractivity contribution in [2.24, 2.45) is 5.73 Å². The van der Waals surface area contributed by atoms with E-state index in [1.165, 1.54) is 16.7 Å². The molecule has 1 heterocycles. The van der Waals surface area contributed by atoms with Crippen molar-refractivity contribution in [1.82, 2.24) is 10.2 Å². The third-order valence-electron chi connectivity index (χ3n) is 6.85. The quantitative estimate of drug-likeness (QED) is 0.219. The Hall–Kier alpha value is -3.08. The van der Waals surface area contributed by atoms with E-state index in [0.717, 1.165) is 23.3 Å². The monoisotopic (exact) mass is 567 g/mol. The Morgan fingerprint density at radius 3 is 2.15 bits per heavy atom. The lowest BCUT2D eigenvalue weighted by atomic mass is 10.0. The number of carbonyl (C=O) groups excluding carboxylic acids is 2. The first-order chi connectivity index (χ1) is 20.1. The summed E-state index contributed by atoms with van der Waals surface area (Å²) < 4.78 is 21.5. The molecule has 3 rings (SSSR count). The lowest BCUT2D eigenvalue weighted by Crippen LogP contribution is -2.31. The standard InChI is InChI=1S/C32H45N3O6/c1-3-26-28-23-29(28)27-10-6-5-9-25(27)24-35(30(26)4-2)32(37)12-8-7-11-31(36)34-14-16-39-18-20-41-22-21-40-19-17-38-15-13-33/h3-6,9-10H,1-2,7-8,11-24,33H2,(H,34,36). The molecule has 41 heavy (non-hydrogen) atoms. The Morgan fingerprint density at radius 2 is 1.49 bits per heavy atom. The number of allylic oxidation sites excluding steroid dienone is 5. The maximum absolute atomic E-state index is 13.3. The third-order valence-corrected chi connectivity index (χ3v) is 6.85. The fraction of sp³-hybridized carbons (Fsp3) is 0.500. The molecule has 1 aliphatic heterocycles. The molecule has 3 N–H and O–H groups in total. The van der Waals surface area contributed by atoms with Gasteiger partial charge in [-0.05, 0) is 47.6 Å². The summed E-state index contributed by atoms with van der Waals surface area (Å²) in [6, 6.07) is 8.25. The van der Waals surface area contributed by atoms with Crippen LogP contribution in [0.2, 0.25) is 0 Å². The molecule has 1 aliphatic carbocycles. The fourth-order valence-corrected chi connectivity index (χ4v) is 4.72. The maximum atomic E-state index is 13.3. The Balaban J connectivity index is 1.27. The summed E-state index contributed by atoms with van der Waals surface area (Å²) in [5.41, 5.74) is 12.0. The Labute approximate surface area is 244 Å². The maximum Gasteiger partial charge on any atom is 0.227 e. The number of hydrogen-bond acceptors (Lipinski definition) is 7. The summed E-state index contributed by atoms with van der Waals surface area (Å²) in [6.07, 6.45) is 6.49. The van der Waals surface area contributed by atoms with E-state index in [1.807, 2.05) is 23.1 Å². The third kappa shape index (κ3) is 10.7. The summed E-state index contributed by atoms with van der Waals surface area (Å²) in [7, 11) is 0. The normalized spacial score (nSPS) is 14.2.